The number of hydrogen-bond acceptors (Lipinski definition) is 2. The van der Waals surface area contributed by atoms with Gasteiger partial charge in [-0.25, -0.2) is 4.39 Å². The van der Waals surface area contributed by atoms with E-state index in [1.807, 2.05) is 30.4 Å². The molecule has 98 valence electrons. The molecule has 2 rings (SSSR count). The molecule has 2 aromatic rings. The van der Waals surface area contributed by atoms with Crippen molar-refractivity contribution in [1.29, 1.82) is 0 Å². The van der Waals surface area contributed by atoms with Gasteiger partial charge in [-0.05, 0) is 35.9 Å². The lowest BCUT2D eigenvalue weighted by Crippen LogP contribution is -1.89. The van der Waals surface area contributed by atoms with Crippen molar-refractivity contribution in [2.45, 2.75) is 0 Å². The van der Waals surface area contributed by atoms with E-state index in [4.69, 9.17) is 9.47 Å². The van der Waals surface area contributed by atoms with Crippen LogP contribution in [0.5, 0.6) is 11.5 Å². The quantitative estimate of drug-likeness (QED) is 0.771. The van der Waals surface area contributed by atoms with Crippen molar-refractivity contribution in [3.63, 3.8) is 0 Å². The zero-order valence-corrected chi connectivity index (χ0v) is 10.9. The Morgan fingerprint density at radius 3 is 2.26 bits per heavy atom. The molecule has 2 nitrogen and oxygen atoms in total. The summed E-state index contributed by atoms with van der Waals surface area (Å²) < 4.78 is 23.3. The summed E-state index contributed by atoms with van der Waals surface area (Å²) in [4.78, 5) is 0. The molecule has 0 amide bonds. The van der Waals surface area contributed by atoms with Crippen LogP contribution < -0.4 is 9.47 Å². The second-order valence-electron chi connectivity index (χ2n) is 3.99. The van der Waals surface area contributed by atoms with Gasteiger partial charge in [0, 0.05) is 5.56 Å². The molecule has 2 aromatic carbocycles. The first-order valence-electron chi connectivity index (χ1n) is 5.88. The second kappa shape index (κ2) is 6.05. The van der Waals surface area contributed by atoms with E-state index in [-0.39, 0.29) is 5.82 Å². The lowest BCUT2D eigenvalue weighted by Gasteiger charge is -2.07. The van der Waals surface area contributed by atoms with Gasteiger partial charge in [0.15, 0.2) is 0 Å². The standard InChI is InChI=1S/C16H15FO2/c1-18-15-9-10-16(19-2)13(11-15)6-3-12-4-7-14(17)8-5-12/h3-11H,1-2H3/b6-3+. The van der Waals surface area contributed by atoms with Crippen LogP contribution in [0.1, 0.15) is 11.1 Å². The predicted molar refractivity (Wildman–Crippen MR) is 74.9 cm³/mol. The first kappa shape index (κ1) is 13.1. The van der Waals surface area contributed by atoms with Crippen LogP contribution in [0, 0.1) is 5.82 Å². The van der Waals surface area contributed by atoms with Crippen LogP contribution in [0.2, 0.25) is 0 Å². The summed E-state index contributed by atoms with van der Waals surface area (Å²) in [6.45, 7) is 0. The van der Waals surface area contributed by atoms with Gasteiger partial charge in [0.05, 0.1) is 14.2 Å². The van der Waals surface area contributed by atoms with Gasteiger partial charge < -0.3 is 9.47 Å². The number of benzene rings is 2. The van der Waals surface area contributed by atoms with Gasteiger partial charge >= 0.3 is 0 Å². The zero-order valence-electron chi connectivity index (χ0n) is 10.9. The van der Waals surface area contributed by atoms with E-state index in [9.17, 15) is 4.39 Å². The van der Waals surface area contributed by atoms with Gasteiger partial charge in [-0.15, -0.1) is 0 Å². The molecule has 0 aliphatic rings. The molecule has 0 saturated carbocycles. The molecule has 0 aliphatic heterocycles. The third-order valence-electron chi connectivity index (χ3n) is 2.76. The van der Waals surface area contributed by atoms with Crippen LogP contribution in [0.15, 0.2) is 42.5 Å². The SMILES string of the molecule is COc1ccc(OC)c(/C=C/c2ccc(F)cc2)c1. The molecule has 0 aromatic heterocycles. The Morgan fingerprint density at radius 1 is 0.895 bits per heavy atom. The lowest BCUT2D eigenvalue weighted by atomic mass is 10.1. The molecule has 0 saturated heterocycles. The van der Waals surface area contributed by atoms with E-state index >= 15 is 0 Å². The van der Waals surface area contributed by atoms with Crippen molar-refractivity contribution >= 4 is 12.2 Å². The van der Waals surface area contributed by atoms with Crippen molar-refractivity contribution in [3.8, 4) is 11.5 Å². The van der Waals surface area contributed by atoms with Gasteiger partial charge in [-0.2, -0.15) is 0 Å². The third-order valence-corrected chi connectivity index (χ3v) is 2.76. The van der Waals surface area contributed by atoms with Crippen LogP contribution in [0.4, 0.5) is 4.39 Å². The van der Waals surface area contributed by atoms with E-state index in [2.05, 4.69) is 0 Å². The Balaban J connectivity index is 2.28. The molecule has 0 N–H and O–H groups in total. The average molecular weight is 258 g/mol. The van der Waals surface area contributed by atoms with Crippen molar-refractivity contribution in [2.75, 3.05) is 14.2 Å². The Hall–Kier alpha value is -2.29. The highest BCUT2D eigenvalue weighted by Gasteiger charge is 2.01. The summed E-state index contributed by atoms with van der Waals surface area (Å²) in [7, 11) is 3.24. The number of methoxy groups -OCH3 is 2. The highest BCUT2D eigenvalue weighted by atomic mass is 19.1. The van der Waals surface area contributed by atoms with E-state index in [0.717, 1.165) is 22.6 Å². The first-order valence-corrected chi connectivity index (χ1v) is 5.88. The van der Waals surface area contributed by atoms with Crippen LogP contribution in [0.3, 0.4) is 0 Å². The highest BCUT2D eigenvalue weighted by Crippen LogP contribution is 2.25. The maximum absolute atomic E-state index is 12.8. The highest BCUT2D eigenvalue weighted by molar-refractivity contribution is 5.73. The molecule has 0 spiro atoms. The predicted octanol–water partition coefficient (Wildman–Crippen LogP) is 4.01. The summed E-state index contributed by atoms with van der Waals surface area (Å²) in [6, 6.07) is 11.9. The molecule has 0 bridgehead atoms. The van der Waals surface area contributed by atoms with Crippen LogP contribution >= 0.6 is 0 Å². The summed E-state index contributed by atoms with van der Waals surface area (Å²) >= 11 is 0. The summed E-state index contributed by atoms with van der Waals surface area (Å²) in [6.07, 6.45) is 3.81. The second-order valence-corrected chi connectivity index (χ2v) is 3.99. The molecule has 0 fully saturated rings. The van der Waals surface area contributed by atoms with Crippen LogP contribution in [-0.2, 0) is 0 Å². The Bertz CT molecular complexity index is 574. The average Bonchev–Trinajstić information content (AvgIpc) is 2.46. The maximum atomic E-state index is 12.8. The fraction of sp³-hybridized carbons (Fsp3) is 0.125. The topological polar surface area (TPSA) is 18.5 Å². The van der Waals surface area contributed by atoms with Crippen molar-refractivity contribution in [1.82, 2.24) is 0 Å². The number of halogens is 1. The monoisotopic (exact) mass is 258 g/mol. The van der Waals surface area contributed by atoms with E-state index in [1.165, 1.54) is 12.1 Å². The Kier molecular flexibility index (Phi) is 4.18. The minimum absolute atomic E-state index is 0.240. The molecule has 0 unspecified atom stereocenters. The smallest absolute Gasteiger partial charge is 0.126 e. The van der Waals surface area contributed by atoms with Gasteiger partial charge in [-0.1, -0.05) is 24.3 Å². The van der Waals surface area contributed by atoms with Crippen LogP contribution in [0.25, 0.3) is 12.2 Å². The first-order chi connectivity index (χ1) is 9.22. The molecule has 0 atom stereocenters. The van der Waals surface area contributed by atoms with Crippen LogP contribution in [-0.4, -0.2) is 14.2 Å². The van der Waals surface area contributed by atoms with Gasteiger partial charge in [-0.3, -0.25) is 0 Å². The largest absolute Gasteiger partial charge is 0.497 e. The molecule has 0 aliphatic carbocycles. The van der Waals surface area contributed by atoms with Gasteiger partial charge in [0.2, 0.25) is 0 Å². The third kappa shape index (κ3) is 3.35. The van der Waals surface area contributed by atoms with Crippen molar-refractivity contribution < 1.29 is 13.9 Å². The van der Waals surface area contributed by atoms with Crippen molar-refractivity contribution in [2.24, 2.45) is 0 Å². The summed E-state index contributed by atoms with van der Waals surface area (Å²) in [5.74, 6) is 1.29. The normalized spacial score (nSPS) is 10.7. The van der Waals surface area contributed by atoms with E-state index in [1.54, 1.807) is 26.4 Å². The molecule has 3 heteroatoms. The molecule has 19 heavy (non-hydrogen) atoms. The minimum atomic E-state index is -0.240. The molecular formula is C16H15FO2. The Morgan fingerprint density at radius 2 is 1.63 bits per heavy atom. The van der Waals surface area contributed by atoms with Gasteiger partial charge in [0.25, 0.3) is 0 Å². The zero-order chi connectivity index (χ0) is 13.7. The van der Waals surface area contributed by atoms with E-state index < -0.39 is 0 Å². The minimum Gasteiger partial charge on any atom is -0.497 e. The summed E-state index contributed by atoms with van der Waals surface area (Å²) in [5.41, 5.74) is 1.83. The fourth-order valence-corrected chi connectivity index (χ4v) is 1.73. The fourth-order valence-electron chi connectivity index (χ4n) is 1.73. The molecule has 0 heterocycles. The number of ether oxygens (including phenoxy) is 2. The van der Waals surface area contributed by atoms with E-state index in [0.29, 0.717) is 0 Å². The Labute approximate surface area is 112 Å². The maximum Gasteiger partial charge on any atom is 0.126 e. The summed E-state index contributed by atoms with van der Waals surface area (Å²) in [5, 5.41) is 0. The molecule has 0 radical (unpaired) electrons. The van der Waals surface area contributed by atoms with Gasteiger partial charge in [0.1, 0.15) is 17.3 Å². The van der Waals surface area contributed by atoms with Crippen molar-refractivity contribution in [3.05, 3.63) is 59.4 Å². The number of rotatable bonds is 4. The lowest BCUT2D eigenvalue weighted by molar-refractivity contribution is 0.402. The number of hydrogen-bond donors (Lipinski definition) is 0. The molecular weight excluding hydrogens is 243 g/mol.